The number of halogens is 3. The fourth-order valence-electron chi connectivity index (χ4n) is 4.72. The monoisotopic (exact) mass is 447 g/mol. The largest absolute Gasteiger partial charge is 0.351 e. The van der Waals surface area contributed by atoms with Gasteiger partial charge < -0.3 is 4.90 Å². The molecule has 2 bridgehead atoms. The summed E-state index contributed by atoms with van der Waals surface area (Å²) in [5.74, 6) is -2.57. The smallest absolute Gasteiger partial charge is 0.303 e. The molecule has 3 aromatic rings. The van der Waals surface area contributed by atoms with Gasteiger partial charge in [0, 0.05) is 56.1 Å². The van der Waals surface area contributed by atoms with Crippen molar-refractivity contribution >= 4 is 28.3 Å². The minimum atomic E-state index is -3.15. The van der Waals surface area contributed by atoms with E-state index in [1.807, 2.05) is 6.92 Å². The van der Waals surface area contributed by atoms with Crippen molar-refractivity contribution in [3.8, 4) is 5.82 Å². The summed E-state index contributed by atoms with van der Waals surface area (Å²) in [7, 11) is 0. The van der Waals surface area contributed by atoms with E-state index >= 15 is 0 Å². The van der Waals surface area contributed by atoms with Crippen molar-refractivity contribution < 1.29 is 8.78 Å². The summed E-state index contributed by atoms with van der Waals surface area (Å²) in [4.78, 5) is 17.2. The highest BCUT2D eigenvalue weighted by Gasteiger charge is 2.44. The van der Waals surface area contributed by atoms with E-state index < -0.39 is 11.7 Å². The highest BCUT2D eigenvalue weighted by Crippen LogP contribution is 2.37. The van der Waals surface area contributed by atoms with Gasteiger partial charge in [-0.2, -0.15) is 8.78 Å². The Labute approximate surface area is 184 Å². The zero-order valence-electron chi connectivity index (χ0n) is 17.7. The molecule has 0 saturated carbocycles. The molecule has 10 heteroatoms. The van der Waals surface area contributed by atoms with Crippen molar-refractivity contribution in [3.63, 3.8) is 0 Å². The summed E-state index contributed by atoms with van der Waals surface area (Å²) in [6.07, 6.45) is 3.41. The summed E-state index contributed by atoms with van der Waals surface area (Å²) in [5.41, 5.74) is 1.22. The molecule has 3 aliphatic heterocycles. The van der Waals surface area contributed by atoms with Crippen LogP contribution in [-0.2, 0) is 12.3 Å². The number of piperazine rings is 1. The number of aromatic nitrogens is 5. The molecule has 2 atom stereocenters. The minimum Gasteiger partial charge on any atom is -0.351 e. The molecule has 164 valence electrons. The quantitative estimate of drug-likeness (QED) is 0.554. The molecule has 0 amide bonds. The molecule has 0 aliphatic carbocycles. The van der Waals surface area contributed by atoms with E-state index in [9.17, 15) is 8.78 Å². The van der Waals surface area contributed by atoms with E-state index in [1.54, 1.807) is 23.0 Å². The molecule has 0 radical (unpaired) electrons. The highest BCUT2D eigenvalue weighted by atomic mass is 35.5. The second kappa shape index (κ2) is 7.34. The van der Waals surface area contributed by atoms with Gasteiger partial charge in [-0.15, -0.1) is 5.10 Å². The lowest BCUT2D eigenvalue weighted by molar-refractivity contribution is 0.00441. The first-order valence-corrected chi connectivity index (χ1v) is 11.0. The first-order valence-electron chi connectivity index (χ1n) is 10.6. The van der Waals surface area contributed by atoms with Crippen LogP contribution < -0.4 is 4.90 Å². The van der Waals surface area contributed by atoms with Gasteiger partial charge in [0.1, 0.15) is 5.15 Å². The lowest BCUT2D eigenvalue weighted by atomic mass is 9.87. The minimum absolute atomic E-state index is 0.305. The van der Waals surface area contributed by atoms with Crippen LogP contribution in [0.5, 0.6) is 0 Å². The third-order valence-corrected chi connectivity index (χ3v) is 6.47. The van der Waals surface area contributed by atoms with E-state index in [4.69, 9.17) is 16.7 Å². The molecule has 0 aromatic carbocycles. The predicted octanol–water partition coefficient (Wildman–Crippen LogP) is 3.82. The number of fused-ring (bicyclic) bond motifs is 3. The third-order valence-electron chi connectivity index (χ3n) is 6.26. The molecule has 31 heavy (non-hydrogen) atoms. The first kappa shape index (κ1) is 20.5. The van der Waals surface area contributed by atoms with Crippen LogP contribution >= 0.6 is 11.6 Å². The number of alkyl halides is 2. The molecule has 3 saturated heterocycles. The average molecular weight is 448 g/mol. The van der Waals surface area contributed by atoms with Crippen LogP contribution in [-0.4, -0.2) is 61.4 Å². The Kier molecular flexibility index (Phi) is 4.86. The molecule has 3 aliphatic rings. The van der Waals surface area contributed by atoms with E-state index in [0.29, 0.717) is 40.7 Å². The van der Waals surface area contributed by atoms with Gasteiger partial charge in [0.2, 0.25) is 5.82 Å². The lowest BCUT2D eigenvalue weighted by Crippen LogP contribution is -2.68. The zero-order valence-corrected chi connectivity index (χ0v) is 18.4. The fraction of sp³-hybridized carbons (Fsp3) is 0.524. The van der Waals surface area contributed by atoms with Crippen LogP contribution in [0.4, 0.5) is 14.6 Å². The highest BCUT2D eigenvalue weighted by molar-refractivity contribution is 6.30. The number of pyridine rings is 1. The second-order valence-electron chi connectivity index (χ2n) is 8.32. The van der Waals surface area contributed by atoms with Gasteiger partial charge in [0.15, 0.2) is 11.6 Å². The SMILES string of the molecule is CCc1cc(-n2nc(N3CC4CC(C3)N4CC)c3cnc(Cl)cc32)nc(C(C)(F)F)n1. The number of hydrogen-bond acceptors (Lipinski definition) is 6. The number of nitrogens with zero attached hydrogens (tertiary/aromatic N) is 7. The van der Waals surface area contributed by atoms with Gasteiger partial charge in [0.05, 0.1) is 10.9 Å². The fourth-order valence-corrected chi connectivity index (χ4v) is 4.88. The van der Waals surface area contributed by atoms with Crippen molar-refractivity contribution in [1.82, 2.24) is 29.6 Å². The molecule has 2 unspecified atom stereocenters. The second-order valence-corrected chi connectivity index (χ2v) is 8.71. The normalized spacial score (nSPS) is 21.5. The van der Waals surface area contributed by atoms with Crippen LogP contribution in [0.2, 0.25) is 5.15 Å². The molecule has 0 N–H and O–H groups in total. The Bertz CT molecular complexity index is 1130. The Balaban J connectivity index is 1.63. The van der Waals surface area contributed by atoms with Gasteiger partial charge in [-0.05, 0) is 19.4 Å². The van der Waals surface area contributed by atoms with Gasteiger partial charge in [-0.3, -0.25) is 4.90 Å². The molecule has 6 rings (SSSR count). The molecule has 0 spiro atoms. The van der Waals surface area contributed by atoms with Gasteiger partial charge >= 0.3 is 5.92 Å². The Hall–Kier alpha value is -2.39. The Morgan fingerprint density at radius 1 is 1.16 bits per heavy atom. The van der Waals surface area contributed by atoms with Crippen LogP contribution in [0.1, 0.15) is 38.7 Å². The number of aryl methyl sites for hydroxylation is 1. The van der Waals surface area contributed by atoms with E-state index in [2.05, 4.69) is 31.7 Å². The van der Waals surface area contributed by atoms with Gasteiger partial charge in [-0.1, -0.05) is 25.4 Å². The van der Waals surface area contributed by atoms with Gasteiger partial charge in [0.25, 0.3) is 0 Å². The van der Waals surface area contributed by atoms with Crippen molar-refractivity contribution in [2.45, 2.75) is 51.6 Å². The number of piperidine rings is 1. The van der Waals surface area contributed by atoms with Crippen molar-refractivity contribution in [2.75, 3.05) is 24.5 Å². The average Bonchev–Trinajstić information content (AvgIpc) is 3.12. The third kappa shape index (κ3) is 3.43. The number of hydrogen-bond donors (Lipinski definition) is 0. The number of rotatable bonds is 5. The Morgan fingerprint density at radius 3 is 2.55 bits per heavy atom. The van der Waals surface area contributed by atoms with Crippen molar-refractivity contribution in [2.24, 2.45) is 0 Å². The zero-order chi connectivity index (χ0) is 21.9. The van der Waals surface area contributed by atoms with E-state index in [-0.39, 0.29) is 0 Å². The molecular formula is C21H24ClF2N7. The number of anilines is 1. The van der Waals surface area contributed by atoms with Crippen LogP contribution in [0, 0.1) is 0 Å². The Morgan fingerprint density at radius 2 is 1.90 bits per heavy atom. The first-order chi connectivity index (χ1) is 14.8. The summed E-state index contributed by atoms with van der Waals surface area (Å²) >= 11 is 6.18. The van der Waals surface area contributed by atoms with Crippen LogP contribution in [0.25, 0.3) is 16.7 Å². The topological polar surface area (TPSA) is 63.0 Å². The summed E-state index contributed by atoms with van der Waals surface area (Å²) in [6, 6.07) is 4.43. The predicted molar refractivity (Wildman–Crippen MR) is 115 cm³/mol. The molecular weight excluding hydrogens is 424 g/mol. The molecule has 6 heterocycles. The molecule has 7 nitrogen and oxygen atoms in total. The molecule has 3 fully saturated rings. The maximum Gasteiger partial charge on any atom is 0.303 e. The van der Waals surface area contributed by atoms with Crippen LogP contribution in [0.3, 0.4) is 0 Å². The maximum atomic E-state index is 14.1. The van der Waals surface area contributed by atoms with Crippen molar-refractivity contribution in [1.29, 1.82) is 0 Å². The number of likely N-dealkylation sites (N-methyl/N-ethyl adjacent to an activating group) is 1. The van der Waals surface area contributed by atoms with Crippen LogP contribution in [0.15, 0.2) is 18.3 Å². The van der Waals surface area contributed by atoms with Crippen molar-refractivity contribution in [3.05, 3.63) is 35.0 Å². The lowest BCUT2D eigenvalue weighted by Gasteiger charge is -2.56. The maximum absolute atomic E-state index is 14.1. The summed E-state index contributed by atoms with van der Waals surface area (Å²) < 4.78 is 29.7. The van der Waals surface area contributed by atoms with E-state index in [1.165, 1.54) is 6.42 Å². The van der Waals surface area contributed by atoms with E-state index in [0.717, 1.165) is 37.8 Å². The summed E-state index contributed by atoms with van der Waals surface area (Å²) in [5, 5.41) is 5.96. The molecule has 3 aromatic heterocycles. The summed E-state index contributed by atoms with van der Waals surface area (Å²) in [6.45, 7) is 7.66. The van der Waals surface area contributed by atoms with Gasteiger partial charge in [-0.25, -0.2) is 19.6 Å². The standard InChI is InChI=1S/C21H24ClF2N7/c1-4-12-6-18(27-20(26-12)21(3,23)24)31-16-8-17(22)25-9-15(16)19(28-31)29-10-13-7-14(11-29)30(13)5-2/h6,8-9,13-14H,4-5,7,10-11H2,1-3H3.